The van der Waals surface area contributed by atoms with Crippen LogP contribution in [0.4, 0.5) is 11.4 Å². The van der Waals surface area contributed by atoms with Crippen LogP contribution in [0.5, 0.6) is 5.75 Å². The molecule has 0 atom stereocenters. The zero-order chi connectivity index (χ0) is 13.2. The number of aromatic hydroxyl groups is 1. The van der Waals surface area contributed by atoms with Gasteiger partial charge in [0.05, 0.1) is 15.9 Å². The lowest BCUT2D eigenvalue weighted by Gasteiger charge is -2.01. The van der Waals surface area contributed by atoms with E-state index in [2.05, 4.69) is 0 Å². The standard InChI is InChI=1S/C10H10N2O5/c1-6(2)3-7-4-8(11(14)15)5-9(10(7)13)12(16)17/h3-5,13H,1-2H3. The fourth-order valence-corrected chi connectivity index (χ4v) is 1.29. The molecule has 0 saturated carbocycles. The Labute approximate surface area is 96.3 Å². The molecule has 1 aromatic rings. The molecule has 0 amide bonds. The van der Waals surface area contributed by atoms with Gasteiger partial charge >= 0.3 is 5.69 Å². The highest BCUT2D eigenvalue weighted by Crippen LogP contribution is 2.35. The number of phenols is 1. The number of allylic oxidation sites excluding steroid dienone is 1. The number of rotatable bonds is 3. The van der Waals surface area contributed by atoms with E-state index in [9.17, 15) is 25.3 Å². The number of nitro groups is 2. The highest BCUT2D eigenvalue weighted by atomic mass is 16.6. The Bertz CT molecular complexity index is 518. The zero-order valence-electron chi connectivity index (χ0n) is 9.21. The molecular formula is C10H10N2O5. The molecule has 7 heteroatoms. The van der Waals surface area contributed by atoms with E-state index in [1.807, 2.05) is 0 Å². The molecule has 90 valence electrons. The summed E-state index contributed by atoms with van der Waals surface area (Å²) in [5, 5.41) is 30.8. The van der Waals surface area contributed by atoms with Gasteiger partial charge < -0.3 is 5.11 Å². The van der Waals surface area contributed by atoms with Gasteiger partial charge in [-0.25, -0.2) is 0 Å². The molecule has 0 aromatic heterocycles. The quantitative estimate of drug-likeness (QED) is 0.643. The Morgan fingerprint density at radius 1 is 1.24 bits per heavy atom. The predicted octanol–water partition coefficient (Wildman–Crippen LogP) is 2.63. The van der Waals surface area contributed by atoms with Crippen LogP contribution >= 0.6 is 0 Å². The lowest BCUT2D eigenvalue weighted by atomic mass is 10.1. The maximum Gasteiger partial charge on any atom is 0.318 e. The summed E-state index contributed by atoms with van der Waals surface area (Å²) in [7, 11) is 0. The Morgan fingerprint density at radius 2 is 1.82 bits per heavy atom. The van der Waals surface area contributed by atoms with E-state index in [0.717, 1.165) is 17.7 Å². The third kappa shape index (κ3) is 2.77. The molecule has 0 bridgehead atoms. The van der Waals surface area contributed by atoms with Gasteiger partial charge in [-0.15, -0.1) is 0 Å². The van der Waals surface area contributed by atoms with Crippen LogP contribution < -0.4 is 0 Å². The minimum atomic E-state index is -0.856. The first kappa shape index (κ1) is 12.6. The molecule has 0 unspecified atom stereocenters. The third-order valence-electron chi connectivity index (χ3n) is 1.96. The van der Waals surface area contributed by atoms with E-state index in [1.165, 1.54) is 6.08 Å². The summed E-state index contributed by atoms with van der Waals surface area (Å²) in [4.78, 5) is 19.6. The molecule has 0 saturated heterocycles. The Morgan fingerprint density at radius 3 is 2.24 bits per heavy atom. The smallest absolute Gasteiger partial charge is 0.318 e. The monoisotopic (exact) mass is 238 g/mol. The van der Waals surface area contributed by atoms with Crippen molar-refractivity contribution < 1.29 is 15.0 Å². The highest BCUT2D eigenvalue weighted by molar-refractivity contribution is 5.69. The summed E-state index contributed by atoms with van der Waals surface area (Å²) in [6.45, 7) is 3.42. The van der Waals surface area contributed by atoms with Crippen molar-refractivity contribution in [2.24, 2.45) is 0 Å². The zero-order valence-corrected chi connectivity index (χ0v) is 9.21. The first-order chi connectivity index (χ1) is 7.82. The molecule has 0 aliphatic rings. The molecule has 1 aromatic carbocycles. The average molecular weight is 238 g/mol. The lowest BCUT2D eigenvalue weighted by Crippen LogP contribution is -1.95. The second kappa shape index (κ2) is 4.60. The van der Waals surface area contributed by atoms with Gasteiger partial charge in [0.2, 0.25) is 5.75 Å². The molecule has 0 aliphatic carbocycles. The van der Waals surface area contributed by atoms with E-state index < -0.39 is 27.0 Å². The van der Waals surface area contributed by atoms with Crippen LogP contribution in [0.2, 0.25) is 0 Å². The van der Waals surface area contributed by atoms with E-state index in [4.69, 9.17) is 0 Å². The Balaban J connectivity index is 3.54. The fourth-order valence-electron chi connectivity index (χ4n) is 1.29. The van der Waals surface area contributed by atoms with Gasteiger partial charge in [-0.05, 0) is 13.8 Å². The second-order valence-corrected chi connectivity index (χ2v) is 3.64. The van der Waals surface area contributed by atoms with Crippen LogP contribution in [0.1, 0.15) is 19.4 Å². The van der Waals surface area contributed by atoms with Gasteiger partial charge in [0.1, 0.15) is 0 Å². The highest BCUT2D eigenvalue weighted by Gasteiger charge is 2.22. The van der Waals surface area contributed by atoms with Crippen molar-refractivity contribution in [1.82, 2.24) is 0 Å². The van der Waals surface area contributed by atoms with Crippen molar-refractivity contribution in [2.75, 3.05) is 0 Å². The molecule has 7 nitrogen and oxygen atoms in total. The summed E-state index contributed by atoms with van der Waals surface area (Å²) in [6, 6.07) is 1.83. The maximum atomic E-state index is 10.6. The van der Waals surface area contributed by atoms with Crippen LogP contribution in [0, 0.1) is 20.2 Å². The molecule has 0 aliphatic heterocycles. The van der Waals surface area contributed by atoms with Crippen LogP contribution in [0.3, 0.4) is 0 Å². The summed E-state index contributed by atoms with van der Waals surface area (Å²) in [5.74, 6) is -0.568. The first-order valence-electron chi connectivity index (χ1n) is 4.63. The first-order valence-corrected chi connectivity index (χ1v) is 4.63. The van der Waals surface area contributed by atoms with Crippen LogP contribution in [-0.4, -0.2) is 15.0 Å². The number of benzene rings is 1. The molecule has 0 fully saturated rings. The number of non-ortho nitro benzene ring substituents is 1. The Hall–Kier alpha value is -2.44. The molecule has 0 heterocycles. The number of nitro benzene ring substituents is 2. The fraction of sp³-hybridized carbons (Fsp3) is 0.200. The summed E-state index contributed by atoms with van der Waals surface area (Å²) in [5.41, 5.74) is -0.283. The molecule has 0 radical (unpaired) electrons. The van der Waals surface area contributed by atoms with E-state index >= 15 is 0 Å². The largest absolute Gasteiger partial charge is 0.502 e. The summed E-state index contributed by atoms with van der Waals surface area (Å²) in [6.07, 6.45) is 1.44. The van der Waals surface area contributed by atoms with E-state index in [1.54, 1.807) is 13.8 Å². The minimum Gasteiger partial charge on any atom is -0.502 e. The second-order valence-electron chi connectivity index (χ2n) is 3.64. The van der Waals surface area contributed by atoms with Gasteiger partial charge in [-0.3, -0.25) is 20.2 Å². The Kier molecular flexibility index (Phi) is 3.42. The SMILES string of the molecule is CC(C)=Cc1cc([N+](=O)[O-])cc([N+](=O)[O-])c1O. The number of hydrogen-bond acceptors (Lipinski definition) is 5. The molecule has 0 spiro atoms. The van der Waals surface area contributed by atoms with Crippen molar-refractivity contribution in [3.63, 3.8) is 0 Å². The average Bonchev–Trinajstić information content (AvgIpc) is 2.19. The van der Waals surface area contributed by atoms with Crippen molar-refractivity contribution in [2.45, 2.75) is 13.8 Å². The van der Waals surface area contributed by atoms with Crippen molar-refractivity contribution >= 4 is 17.5 Å². The lowest BCUT2D eigenvalue weighted by molar-refractivity contribution is -0.394. The number of nitrogens with zero attached hydrogens (tertiary/aromatic N) is 2. The van der Waals surface area contributed by atoms with Gasteiger partial charge in [-0.1, -0.05) is 11.6 Å². The minimum absolute atomic E-state index is 0.0610. The van der Waals surface area contributed by atoms with Crippen molar-refractivity contribution in [3.05, 3.63) is 43.5 Å². The van der Waals surface area contributed by atoms with E-state index in [0.29, 0.717) is 0 Å². The van der Waals surface area contributed by atoms with Gasteiger partial charge in [0, 0.05) is 11.6 Å². The number of phenolic OH excluding ortho intramolecular Hbond substituents is 1. The number of hydrogen-bond donors (Lipinski definition) is 1. The van der Waals surface area contributed by atoms with Crippen LogP contribution in [0.25, 0.3) is 6.08 Å². The predicted molar refractivity (Wildman–Crippen MR) is 60.7 cm³/mol. The molecule has 1 N–H and O–H groups in total. The van der Waals surface area contributed by atoms with Crippen molar-refractivity contribution in [1.29, 1.82) is 0 Å². The normalized spacial score (nSPS) is 9.76. The summed E-state index contributed by atoms with van der Waals surface area (Å²) >= 11 is 0. The molecule has 1 rings (SSSR count). The van der Waals surface area contributed by atoms with Crippen molar-refractivity contribution in [3.8, 4) is 5.75 Å². The van der Waals surface area contributed by atoms with E-state index in [-0.39, 0.29) is 5.56 Å². The van der Waals surface area contributed by atoms with Gasteiger partial charge in [0.25, 0.3) is 5.69 Å². The van der Waals surface area contributed by atoms with Gasteiger partial charge in [-0.2, -0.15) is 0 Å². The van der Waals surface area contributed by atoms with Crippen LogP contribution in [-0.2, 0) is 0 Å². The molecular weight excluding hydrogens is 228 g/mol. The van der Waals surface area contributed by atoms with Gasteiger partial charge in [0.15, 0.2) is 0 Å². The molecule has 17 heavy (non-hydrogen) atoms. The topological polar surface area (TPSA) is 107 Å². The van der Waals surface area contributed by atoms with Crippen LogP contribution in [0.15, 0.2) is 17.7 Å². The maximum absolute atomic E-state index is 10.6. The summed E-state index contributed by atoms with van der Waals surface area (Å²) < 4.78 is 0. The third-order valence-corrected chi connectivity index (χ3v) is 1.96.